The topological polar surface area (TPSA) is 55.6 Å². The number of nitrogens with one attached hydrogen (secondary N) is 1. The smallest absolute Gasteiger partial charge is 0.168 e. The molecule has 0 atom stereocenters. The highest BCUT2D eigenvalue weighted by atomic mass is 35.5. The first-order valence-electron chi connectivity index (χ1n) is 7.18. The molecule has 24 heavy (non-hydrogen) atoms. The number of benzene rings is 2. The van der Waals surface area contributed by atoms with Crippen LogP contribution in [0.2, 0.25) is 5.02 Å². The molecule has 0 unspecified atom stereocenters. The molecule has 4 rings (SSSR count). The number of anilines is 2. The minimum atomic E-state index is -0.290. The molecule has 0 bridgehead atoms. The van der Waals surface area contributed by atoms with E-state index in [0.717, 1.165) is 16.8 Å². The van der Waals surface area contributed by atoms with Crippen molar-refractivity contribution in [2.75, 3.05) is 5.32 Å². The first-order chi connectivity index (χ1) is 11.7. The molecule has 0 amide bonds. The molecule has 0 saturated carbocycles. The average molecular weight is 340 g/mol. The van der Waals surface area contributed by atoms with Crippen LogP contribution in [0.15, 0.2) is 61.1 Å². The molecular weight excluding hydrogens is 329 g/mol. The Morgan fingerprint density at radius 2 is 1.88 bits per heavy atom. The maximum Gasteiger partial charge on any atom is 0.168 e. The van der Waals surface area contributed by atoms with Gasteiger partial charge in [0.1, 0.15) is 18.0 Å². The number of fused-ring (bicyclic) bond motifs is 1. The number of nitrogens with zero attached hydrogens (tertiary/aromatic N) is 4. The van der Waals surface area contributed by atoms with Gasteiger partial charge in [0.15, 0.2) is 5.65 Å². The third-order valence-electron chi connectivity index (χ3n) is 3.53. The van der Waals surface area contributed by atoms with E-state index in [9.17, 15) is 4.39 Å². The van der Waals surface area contributed by atoms with E-state index in [0.29, 0.717) is 16.5 Å². The molecule has 118 valence electrons. The molecule has 2 aromatic heterocycles. The lowest BCUT2D eigenvalue weighted by molar-refractivity contribution is 0.628. The van der Waals surface area contributed by atoms with E-state index >= 15 is 0 Å². The zero-order chi connectivity index (χ0) is 16.5. The van der Waals surface area contributed by atoms with Gasteiger partial charge in [0.25, 0.3) is 0 Å². The normalized spacial score (nSPS) is 10.9. The fraction of sp³-hybridized carbons (Fsp3) is 0. The predicted molar refractivity (Wildman–Crippen MR) is 91.4 cm³/mol. The van der Waals surface area contributed by atoms with Crippen LogP contribution in [0, 0.1) is 5.82 Å². The quantitative estimate of drug-likeness (QED) is 0.603. The summed E-state index contributed by atoms with van der Waals surface area (Å²) in [5, 5.41) is 8.90. The van der Waals surface area contributed by atoms with Crippen LogP contribution in [0.5, 0.6) is 0 Å². The highest BCUT2D eigenvalue weighted by molar-refractivity contribution is 6.30. The summed E-state index contributed by atoms with van der Waals surface area (Å²) in [6, 6.07) is 13.4. The average Bonchev–Trinajstić information content (AvgIpc) is 3.02. The lowest BCUT2D eigenvalue weighted by atomic mass is 10.3. The Morgan fingerprint density at radius 3 is 2.67 bits per heavy atom. The fourth-order valence-corrected chi connectivity index (χ4v) is 2.59. The second-order valence-electron chi connectivity index (χ2n) is 5.13. The molecule has 2 aromatic carbocycles. The summed E-state index contributed by atoms with van der Waals surface area (Å²) in [6.07, 6.45) is 3.14. The van der Waals surface area contributed by atoms with Crippen LogP contribution in [-0.4, -0.2) is 19.7 Å². The SMILES string of the molecule is Fc1ccc(Nc2ncnc3c2cnn3-c2cccc(Cl)c2)cc1. The van der Waals surface area contributed by atoms with Crippen molar-refractivity contribution in [1.82, 2.24) is 19.7 Å². The first kappa shape index (κ1) is 14.6. The van der Waals surface area contributed by atoms with Gasteiger partial charge in [-0.05, 0) is 42.5 Å². The molecule has 0 fully saturated rings. The van der Waals surface area contributed by atoms with E-state index in [4.69, 9.17) is 11.6 Å². The molecule has 0 aliphatic heterocycles. The van der Waals surface area contributed by atoms with Crippen LogP contribution in [0.3, 0.4) is 0 Å². The highest BCUT2D eigenvalue weighted by Crippen LogP contribution is 2.25. The Hall–Kier alpha value is -2.99. The van der Waals surface area contributed by atoms with Crippen molar-refractivity contribution in [2.45, 2.75) is 0 Å². The summed E-state index contributed by atoms with van der Waals surface area (Å²) in [5.41, 5.74) is 2.19. The van der Waals surface area contributed by atoms with Crippen LogP contribution < -0.4 is 5.32 Å². The van der Waals surface area contributed by atoms with Gasteiger partial charge >= 0.3 is 0 Å². The van der Waals surface area contributed by atoms with Crippen molar-refractivity contribution < 1.29 is 4.39 Å². The van der Waals surface area contributed by atoms with Gasteiger partial charge in [-0.2, -0.15) is 5.10 Å². The molecular formula is C17H11ClFN5. The summed E-state index contributed by atoms with van der Waals surface area (Å²) in [6.45, 7) is 0. The van der Waals surface area contributed by atoms with Crippen LogP contribution >= 0.6 is 11.6 Å². The molecule has 4 aromatic rings. The molecule has 2 heterocycles. The van der Waals surface area contributed by atoms with Gasteiger partial charge in [-0.3, -0.25) is 0 Å². The zero-order valence-electron chi connectivity index (χ0n) is 12.3. The molecule has 0 aliphatic rings. The van der Waals surface area contributed by atoms with Crippen molar-refractivity contribution in [3.63, 3.8) is 0 Å². The lowest BCUT2D eigenvalue weighted by Crippen LogP contribution is -1.99. The standard InChI is InChI=1S/C17H11ClFN5/c18-11-2-1-3-14(8-11)24-17-15(9-22-24)16(20-10-21-17)23-13-6-4-12(19)5-7-13/h1-10H,(H,20,21,23). The first-order valence-corrected chi connectivity index (χ1v) is 7.56. The Labute approximate surface area is 141 Å². The van der Waals surface area contributed by atoms with Crippen LogP contribution in [0.25, 0.3) is 16.7 Å². The largest absolute Gasteiger partial charge is 0.340 e. The molecule has 5 nitrogen and oxygen atoms in total. The second kappa shape index (κ2) is 5.90. The van der Waals surface area contributed by atoms with Crippen molar-refractivity contribution >= 4 is 34.1 Å². The molecule has 1 N–H and O–H groups in total. The van der Waals surface area contributed by atoms with Gasteiger partial charge in [0.05, 0.1) is 17.3 Å². The summed E-state index contributed by atoms with van der Waals surface area (Å²) >= 11 is 6.05. The molecule has 0 radical (unpaired) electrons. The summed E-state index contributed by atoms with van der Waals surface area (Å²) in [7, 11) is 0. The van der Waals surface area contributed by atoms with Crippen LogP contribution in [0.4, 0.5) is 15.9 Å². The lowest BCUT2D eigenvalue weighted by Gasteiger charge is -2.07. The molecule has 0 saturated heterocycles. The summed E-state index contributed by atoms with van der Waals surface area (Å²) < 4.78 is 14.7. The van der Waals surface area contributed by atoms with Crippen molar-refractivity contribution in [2.24, 2.45) is 0 Å². The maximum atomic E-state index is 13.0. The summed E-state index contributed by atoms with van der Waals surface area (Å²) in [5.74, 6) is 0.307. The van der Waals surface area contributed by atoms with Gasteiger partial charge in [-0.1, -0.05) is 17.7 Å². The van der Waals surface area contributed by atoms with Crippen LogP contribution in [-0.2, 0) is 0 Å². The fourth-order valence-electron chi connectivity index (χ4n) is 2.41. The van der Waals surface area contributed by atoms with Gasteiger partial charge < -0.3 is 5.32 Å². The second-order valence-corrected chi connectivity index (χ2v) is 5.56. The maximum absolute atomic E-state index is 13.0. The minimum Gasteiger partial charge on any atom is -0.340 e. The highest BCUT2D eigenvalue weighted by Gasteiger charge is 2.11. The van der Waals surface area contributed by atoms with Gasteiger partial charge in [0.2, 0.25) is 0 Å². The number of aromatic nitrogens is 4. The van der Waals surface area contributed by atoms with Crippen molar-refractivity contribution in [1.29, 1.82) is 0 Å². The minimum absolute atomic E-state index is 0.290. The van der Waals surface area contributed by atoms with E-state index in [1.54, 1.807) is 29.1 Å². The van der Waals surface area contributed by atoms with E-state index in [1.807, 2.05) is 18.2 Å². The third kappa shape index (κ3) is 2.68. The number of halogens is 2. The monoisotopic (exact) mass is 339 g/mol. The van der Waals surface area contributed by atoms with E-state index in [2.05, 4.69) is 20.4 Å². The third-order valence-corrected chi connectivity index (χ3v) is 3.76. The zero-order valence-corrected chi connectivity index (χ0v) is 13.1. The van der Waals surface area contributed by atoms with E-state index in [-0.39, 0.29) is 5.82 Å². The predicted octanol–water partition coefficient (Wildman–Crippen LogP) is 4.35. The summed E-state index contributed by atoms with van der Waals surface area (Å²) in [4.78, 5) is 8.56. The Bertz CT molecular complexity index is 1010. The van der Waals surface area contributed by atoms with E-state index < -0.39 is 0 Å². The molecule has 7 heteroatoms. The van der Waals surface area contributed by atoms with E-state index in [1.165, 1.54) is 18.5 Å². The van der Waals surface area contributed by atoms with Gasteiger partial charge in [0, 0.05) is 10.7 Å². The van der Waals surface area contributed by atoms with Crippen LogP contribution in [0.1, 0.15) is 0 Å². The van der Waals surface area contributed by atoms with Crippen molar-refractivity contribution in [3.05, 3.63) is 71.9 Å². The van der Waals surface area contributed by atoms with Crippen molar-refractivity contribution in [3.8, 4) is 5.69 Å². The molecule has 0 aliphatic carbocycles. The number of hydrogen-bond donors (Lipinski definition) is 1. The Balaban J connectivity index is 1.77. The Morgan fingerprint density at radius 1 is 1.04 bits per heavy atom. The molecule has 0 spiro atoms. The number of hydrogen-bond acceptors (Lipinski definition) is 4. The Kier molecular flexibility index (Phi) is 3.59. The van der Waals surface area contributed by atoms with Gasteiger partial charge in [-0.25, -0.2) is 19.0 Å². The van der Waals surface area contributed by atoms with Gasteiger partial charge in [-0.15, -0.1) is 0 Å². The number of rotatable bonds is 3.